The zero-order chi connectivity index (χ0) is 14.5. The third kappa shape index (κ3) is 1.92. The van der Waals surface area contributed by atoms with Crippen molar-refractivity contribution in [2.75, 3.05) is 0 Å². The predicted molar refractivity (Wildman–Crippen MR) is 68.8 cm³/mol. The summed E-state index contributed by atoms with van der Waals surface area (Å²) in [7, 11) is 0. The van der Waals surface area contributed by atoms with Crippen molar-refractivity contribution in [1.82, 2.24) is 0 Å². The van der Waals surface area contributed by atoms with E-state index in [0.717, 1.165) is 12.1 Å². The lowest BCUT2D eigenvalue weighted by Gasteiger charge is -2.22. The zero-order valence-corrected chi connectivity index (χ0v) is 10.9. The lowest BCUT2D eigenvalue weighted by molar-refractivity contribution is -0.0853. The van der Waals surface area contributed by atoms with E-state index in [0.29, 0.717) is 22.2 Å². The van der Waals surface area contributed by atoms with Gasteiger partial charge in [0.1, 0.15) is 6.10 Å². The van der Waals surface area contributed by atoms with Crippen LogP contribution in [-0.2, 0) is 5.12 Å². The van der Waals surface area contributed by atoms with Crippen molar-refractivity contribution in [3.05, 3.63) is 64.7 Å². The summed E-state index contributed by atoms with van der Waals surface area (Å²) in [6, 6.07) is 8.50. The molecule has 0 radical (unpaired) electrons. The highest BCUT2D eigenvalue weighted by molar-refractivity contribution is 8.00. The summed E-state index contributed by atoms with van der Waals surface area (Å²) in [6.07, 6.45) is -1.26. The Labute approximate surface area is 117 Å². The average Bonchev–Trinajstić information content (AvgIpc) is 2.48. The summed E-state index contributed by atoms with van der Waals surface area (Å²) < 4.78 is 27.3. The van der Waals surface area contributed by atoms with Gasteiger partial charge in [-0.2, -0.15) is 0 Å². The van der Waals surface area contributed by atoms with Gasteiger partial charge in [0.25, 0.3) is 0 Å². The molecule has 0 aromatic heterocycles. The summed E-state index contributed by atoms with van der Waals surface area (Å²) >= 11 is 0.549. The fourth-order valence-corrected chi connectivity index (χ4v) is 3.36. The van der Waals surface area contributed by atoms with Crippen LogP contribution in [-0.4, -0.2) is 15.3 Å². The monoisotopic (exact) mass is 296 g/mol. The molecular weight excluding hydrogens is 286 g/mol. The van der Waals surface area contributed by atoms with Gasteiger partial charge in [0.2, 0.25) is 5.12 Å². The Kier molecular flexibility index (Phi) is 3.06. The molecule has 3 rings (SSSR count). The number of hydrogen-bond donors (Lipinski definition) is 3. The standard InChI is InChI=1S/C14H10F2O3S/c15-9-6-5-8-11(12(9)16)14(18,19)20-10-4-2-1-3-7(10)13(8)17/h1-6,13,17-19H. The Morgan fingerprint density at radius 3 is 2.45 bits per heavy atom. The van der Waals surface area contributed by atoms with Crippen molar-refractivity contribution >= 4 is 11.8 Å². The fourth-order valence-electron chi connectivity index (χ4n) is 2.30. The quantitative estimate of drug-likeness (QED) is 0.653. The maximum atomic E-state index is 13.9. The SMILES string of the molecule is OC1c2ccccc2SC(O)(O)c2c1ccc(F)c2F. The molecular formula is C14H10F2O3S. The van der Waals surface area contributed by atoms with Crippen LogP contribution in [0.4, 0.5) is 8.78 Å². The van der Waals surface area contributed by atoms with Crippen LogP contribution in [0.25, 0.3) is 0 Å². The first-order valence-corrected chi connectivity index (χ1v) is 6.62. The number of aliphatic hydroxyl groups excluding tert-OH is 1. The van der Waals surface area contributed by atoms with Gasteiger partial charge in [0.05, 0.1) is 5.56 Å². The van der Waals surface area contributed by atoms with Gasteiger partial charge in [-0.3, -0.25) is 0 Å². The molecule has 0 saturated carbocycles. The first-order valence-electron chi connectivity index (χ1n) is 5.81. The first-order chi connectivity index (χ1) is 9.42. The summed E-state index contributed by atoms with van der Waals surface area (Å²) in [4.78, 5) is 0.390. The van der Waals surface area contributed by atoms with E-state index in [1.165, 1.54) is 0 Å². The van der Waals surface area contributed by atoms with E-state index in [1.54, 1.807) is 24.3 Å². The zero-order valence-electron chi connectivity index (χ0n) is 10.0. The van der Waals surface area contributed by atoms with Crippen molar-refractivity contribution in [3.8, 4) is 0 Å². The Bertz CT molecular complexity index is 688. The minimum Gasteiger partial charge on any atom is -0.384 e. The Balaban J connectivity index is 2.33. The number of hydrogen-bond acceptors (Lipinski definition) is 4. The van der Waals surface area contributed by atoms with Crippen LogP contribution in [0.1, 0.15) is 22.8 Å². The molecule has 3 N–H and O–H groups in total. The third-order valence-electron chi connectivity index (χ3n) is 3.21. The lowest BCUT2D eigenvalue weighted by Crippen LogP contribution is -2.24. The van der Waals surface area contributed by atoms with Gasteiger partial charge in [0, 0.05) is 4.90 Å². The molecule has 1 atom stereocenters. The summed E-state index contributed by atoms with van der Waals surface area (Å²) in [5.74, 6) is -2.57. The van der Waals surface area contributed by atoms with E-state index in [-0.39, 0.29) is 5.56 Å². The highest BCUT2D eigenvalue weighted by atomic mass is 32.2. The number of aliphatic hydroxyl groups is 3. The number of halogens is 2. The van der Waals surface area contributed by atoms with Gasteiger partial charge in [0.15, 0.2) is 11.6 Å². The van der Waals surface area contributed by atoms with Crippen LogP contribution in [0, 0.1) is 11.6 Å². The second kappa shape index (κ2) is 4.53. The van der Waals surface area contributed by atoms with Crippen molar-refractivity contribution in [2.45, 2.75) is 16.1 Å². The first kappa shape index (κ1) is 13.5. The van der Waals surface area contributed by atoms with Gasteiger partial charge >= 0.3 is 0 Å². The molecule has 1 aliphatic heterocycles. The Hall–Kier alpha value is -1.47. The third-order valence-corrected chi connectivity index (χ3v) is 4.29. The van der Waals surface area contributed by atoms with Gasteiger partial charge < -0.3 is 15.3 Å². The highest BCUT2D eigenvalue weighted by Gasteiger charge is 2.40. The molecule has 1 aliphatic rings. The smallest absolute Gasteiger partial charge is 0.248 e. The topological polar surface area (TPSA) is 60.7 Å². The van der Waals surface area contributed by atoms with Gasteiger partial charge in [-0.1, -0.05) is 36.0 Å². The fraction of sp³-hybridized carbons (Fsp3) is 0.143. The number of thioether (sulfide) groups is 1. The van der Waals surface area contributed by atoms with Gasteiger partial charge in [-0.05, 0) is 23.3 Å². The van der Waals surface area contributed by atoms with E-state index in [9.17, 15) is 24.1 Å². The molecule has 0 amide bonds. The van der Waals surface area contributed by atoms with Crippen molar-refractivity contribution in [1.29, 1.82) is 0 Å². The molecule has 0 aliphatic carbocycles. The van der Waals surface area contributed by atoms with Crippen LogP contribution in [0.15, 0.2) is 41.3 Å². The normalized spacial score (nSPS) is 19.9. The van der Waals surface area contributed by atoms with Crippen LogP contribution in [0.2, 0.25) is 0 Å². The lowest BCUT2D eigenvalue weighted by atomic mass is 9.96. The van der Waals surface area contributed by atoms with E-state index in [1.807, 2.05) is 0 Å². The van der Waals surface area contributed by atoms with Crippen LogP contribution < -0.4 is 0 Å². The molecule has 1 unspecified atom stereocenters. The summed E-state index contributed by atoms with van der Waals surface area (Å²) in [5, 5.41) is 27.8. The predicted octanol–water partition coefficient (Wildman–Crippen LogP) is 2.25. The number of rotatable bonds is 0. The Morgan fingerprint density at radius 2 is 1.70 bits per heavy atom. The summed E-state index contributed by atoms with van der Waals surface area (Å²) in [5.41, 5.74) is -0.299. The van der Waals surface area contributed by atoms with Crippen molar-refractivity contribution in [2.24, 2.45) is 0 Å². The largest absolute Gasteiger partial charge is 0.384 e. The molecule has 20 heavy (non-hydrogen) atoms. The molecule has 0 bridgehead atoms. The minimum atomic E-state index is -2.66. The summed E-state index contributed by atoms with van der Waals surface area (Å²) in [6.45, 7) is 0. The van der Waals surface area contributed by atoms with E-state index in [2.05, 4.69) is 0 Å². The second-order valence-corrected chi connectivity index (χ2v) is 5.69. The van der Waals surface area contributed by atoms with Crippen LogP contribution in [0.5, 0.6) is 0 Å². The number of benzene rings is 2. The van der Waals surface area contributed by atoms with Gasteiger partial charge in [-0.15, -0.1) is 0 Å². The number of fused-ring (bicyclic) bond motifs is 2. The van der Waals surface area contributed by atoms with Crippen LogP contribution >= 0.6 is 11.8 Å². The molecule has 2 aromatic rings. The van der Waals surface area contributed by atoms with Gasteiger partial charge in [-0.25, -0.2) is 8.78 Å². The molecule has 3 nitrogen and oxygen atoms in total. The highest BCUT2D eigenvalue weighted by Crippen LogP contribution is 2.48. The molecule has 2 aromatic carbocycles. The average molecular weight is 296 g/mol. The van der Waals surface area contributed by atoms with E-state index >= 15 is 0 Å². The molecule has 0 fully saturated rings. The Morgan fingerprint density at radius 1 is 1.00 bits per heavy atom. The molecule has 104 valence electrons. The van der Waals surface area contributed by atoms with E-state index < -0.39 is 28.4 Å². The van der Waals surface area contributed by atoms with Crippen molar-refractivity contribution in [3.63, 3.8) is 0 Å². The molecule has 1 heterocycles. The van der Waals surface area contributed by atoms with Crippen LogP contribution in [0.3, 0.4) is 0 Å². The second-order valence-electron chi connectivity index (χ2n) is 4.48. The van der Waals surface area contributed by atoms with Crippen molar-refractivity contribution < 1.29 is 24.1 Å². The maximum absolute atomic E-state index is 13.9. The minimum absolute atomic E-state index is 0.0636. The molecule has 0 saturated heterocycles. The molecule has 6 heteroatoms. The molecule has 0 spiro atoms. The van der Waals surface area contributed by atoms with E-state index in [4.69, 9.17) is 0 Å². The maximum Gasteiger partial charge on any atom is 0.248 e.